The van der Waals surface area contributed by atoms with Gasteiger partial charge in [-0.3, -0.25) is 0 Å². The zero-order valence-corrected chi connectivity index (χ0v) is 11.5. The van der Waals surface area contributed by atoms with Crippen molar-refractivity contribution in [3.8, 4) is 6.07 Å². The normalized spacial score (nSPS) is 10.2. The average Bonchev–Trinajstić information content (AvgIpc) is 2.25. The van der Waals surface area contributed by atoms with Gasteiger partial charge < -0.3 is 9.80 Å². The van der Waals surface area contributed by atoms with Crippen molar-refractivity contribution in [1.29, 1.82) is 5.26 Å². The largest absolute Gasteiger partial charge is 0.372 e. The van der Waals surface area contributed by atoms with Crippen LogP contribution in [0.15, 0.2) is 22.7 Å². The Morgan fingerprint density at radius 2 is 1.94 bits per heavy atom. The molecule has 1 aromatic rings. The average molecular weight is 282 g/mol. The van der Waals surface area contributed by atoms with Gasteiger partial charge in [0.15, 0.2) is 0 Å². The highest BCUT2D eigenvalue weighted by molar-refractivity contribution is 9.10. The van der Waals surface area contributed by atoms with Gasteiger partial charge in [0.25, 0.3) is 0 Å². The molecule has 0 radical (unpaired) electrons. The fourth-order valence-corrected chi connectivity index (χ4v) is 1.73. The molecule has 0 saturated carbocycles. The maximum absolute atomic E-state index is 9.03. The van der Waals surface area contributed by atoms with E-state index in [0.717, 1.165) is 23.2 Å². The minimum absolute atomic E-state index is 0.712. The van der Waals surface area contributed by atoms with E-state index in [1.54, 1.807) is 0 Å². The molecule has 0 atom stereocenters. The molecule has 1 rings (SSSR count). The first kappa shape index (κ1) is 13.0. The molecule has 0 heterocycles. The quantitative estimate of drug-likeness (QED) is 0.849. The first-order valence-corrected chi connectivity index (χ1v) is 5.89. The highest BCUT2D eigenvalue weighted by Gasteiger charge is 2.07. The van der Waals surface area contributed by atoms with Crippen molar-refractivity contribution in [2.45, 2.75) is 0 Å². The summed E-state index contributed by atoms with van der Waals surface area (Å²) in [4.78, 5) is 4.23. The molecule has 4 heteroatoms. The van der Waals surface area contributed by atoms with Gasteiger partial charge >= 0.3 is 0 Å². The Bertz CT molecular complexity index is 396. The topological polar surface area (TPSA) is 30.3 Å². The van der Waals surface area contributed by atoms with Crippen molar-refractivity contribution in [2.75, 3.05) is 39.1 Å². The number of rotatable bonds is 4. The summed E-state index contributed by atoms with van der Waals surface area (Å²) in [6.45, 7) is 1.87. The predicted octanol–water partition coefficient (Wildman–Crippen LogP) is 2.32. The Kier molecular flexibility index (Phi) is 4.78. The lowest BCUT2D eigenvalue weighted by Gasteiger charge is -2.22. The molecule has 3 nitrogen and oxygen atoms in total. The number of nitrogens with zero attached hydrogens (tertiary/aromatic N) is 3. The number of hydrogen-bond acceptors (Lipinski definition) is 3. The standard InChI is InChI=1S/C12H16BrN3/c1-15(2)6-7-16(3)12-8-11(13)5-4-10(12)9-14/h4-5,8H,6-7H2,1-3H3. The summed E-state index contributed by atoms with van der Waals surface area (Å²) in [5.74, 6) is 0. The van der Waals surface area contributed by atoms with E-state index in [0.29, 0.717) is 5.56 Å². The lowest BCUT2D eigenvalue weighted by molar-refractivity contribution is 0.416. The summed E-state index contributed by atoms with van der Waals surface area (Å²) in [5, 5.41) is 9.03. The third-order valence-corrected chi connectivity index (χ3v) is 2.87. The Hall–Kier alpha value is -1.05. The van der Waals surface area contributed by atoms with Crippen LogP contribution in [-0.2, 0) is 0 Å². The van der Waals surface area contributed by atoms with Crippen LogP contribution in [0.25, 0.3) is 0 Å². The summed E-state index contributed by atoms with van der Waals surface area (Å²) in [5.41, 5.74) is 1.68. The lowest BCUT2D eigenvalue weighted by atomic mass is 10.2. The second-order valence-electron chi connectivity index (χ2n) is 4.00. The SMILES string of the molecule is CN(C)CCN(C)c1cc(Br)ccc1C#N. The number of nitriles is 1. The molecule has 0 saturated heterocycles. The number of anilines is 1. The van der Waals surface area contributed by atoms with E-state index in [4.69, 9.17) is 5.26 Å². The van der Waals surface area contributed by atoms with Gasteiger partial charge in [-0.2, -0.15) is 5.26 Å². The second-order valence-corrected chi connectivity index (χ2v) is 4.91. The fourth-order valence-electron chi connectivity index (χ4n) is 1.39. The molecule has 0 aliphatic heterocycles. The first-order chi connectivity index (χ1) is 7.54. The maximum Gasteiger partial charge on any atom is 0.101 e. The molecular weight excluding hydrogens is 266 g/mol. The van der Waals surface area contributed by atoms with Gasteiger partial charge in [0.1, 0.15) is 6.07 Å². The second kappa shape index (κ2) is 5.88. The van der Waals surface area contributed by atoms with E-state index in [1.165, 1.54) is 0 Å². The monoisotopic (exact) mass is 281 g/mol. The van der Waals surface area contributed by atoms with Crippen LogP contribution in [0.5, 0.6) is 0 Å². The van der Waals surface area contributed by atoms with Gasteiger partial charge in [0, 0.05) is 24.6 Å². The summed E-state index contributed by atoms with van der Waals surface area (Å²) in [7, 11) is 6.09. The minimum Gasteiger partial charge on any atom is -0.372 e. The van der Waals surface area contributed by atoms with E-state index in [9.17, 15) is 0 Å². The maximum atomic E-state index is 9.03. The van der Waals surface area contributed by atoms with E-state index < -0.39 is 0 Å². The third kappa shape index (κ3) is 3.51. The molecule has 0 spiro atoms. The molecule has 0 amide bonds. The molecule has 0 unspecified atom stereocenters. The smallest absolute Gasteiger partial charge is 0.101 e. The molecule has 16 heavy (non-hydrogen) atoms. The van der Waals surface area contributed by atoms with Crippen molar-refractivity contribution in [3.63, 3.8) is 0 Å². The molecule has 0 aliphatic carbocycles. The lowest BCUT2D eigenvalue weighted by Crippen LogP contribution is -2.28. The summed E-state index contributed by atoms with van der Waals surface area (Å²) < 4.78 is 0.998. The van der Waals surface area contributed by atoms with Crippen LogP contribution < -0.4 is 4.90 Å². The van der Waals surface area contributed by atoms with Crippen LogP contribution in [0.1, 0.15) is 5.56 Å². The van der Waals surface area contributed by atoms with Gasteiger partial charge in [-0.05, 0) is 32.3 Å². The van der Waals surface area contributed by atoms with Gasteiger partial charge in [0.05, 0.1) is 11.3 Å². The van der Waals surface area contributed by atoms with Crippen LogP contribution >= 0.6 is 15.9 Å². The molecular formula is C12H16BrN3. The van der Waals surface area contributed by atoms with Crippen LogP contribution in [0.3, 0.4) is 0 Å². The number of likely N-dealkylation sites (N-methyl/N-ethyl adjacent to an activating group) is 2. The summed E-state index contributed by atoms with van der Waals surface area (Å²) in [6.07, 6.45) is 0. The molecule has 0 N–H and O–H groups in total. The van der Waals surface area contributed by atoms with Crippen molar-refractivity contribution < 1.29 is 0 Å². The van der Waals surface area contributed by atoms with Crippen LogP contribution in [0.4, 0.5) is 5.69 Å². The zero-order chi connectivity index (χ0) is 12.1. The predicted molar refractivity (Wildman–Crippen MR) is 70.7 cm³/mol. The fraction of sp³-hybridized carbons (Fsp3) is 0.417. The zero-order valence-electron chi connectivity index (χ0n) is 9.87. The van der Waals surface area contributed by atoms with E-state index in [-0.39, 0.29) is 0 Å². The van der Waals surface area contributed by atoms with Crippen LogP contribution in [-0.4, -0.2) is 39.1 Å². The molecule has 0 aromatic heterocycles. The van der Waals surface area contributed by atoms with Crippen LogP contribution in [0, 0.1) is 11.3 Å². The Morgan fingerprint density at radius 3 is 2.50 bits per heavy atom. The van der Waals surface area contributed by atoms with Gasteiger partial charge in [-0.15, -0.1) is 0 Å². The van der Waals surface area contributed by atoms with Gasteiger partial charge in [0.2, 0.25) is 0 Å². The highest BCUT2D eigenvalue weighted by atomic mass is 79.9. The first-order valence-electron chi connectivity index (χ1n) is 5.10. The number of benzene rings is 1. The minimum atomic E-state index is 0.712. The Morgan fingerprint density at radius 1 is 1.25 bits per heavy atom. The van der Waals surface area contributed by atoms with E-state index in [1.807, 2.05) is 39.3 Å². The highest BCUT2D eigenvalue weighted by Crippen LogP contribution is 2.23. The number of hydrogen-bond donors (Lipinski definition) is 0. The van der Waals surface area contributed by atoms with Crippen molar-refractivity contribution in [2.24, 2.45) is 0 Å². The molecule has 1 aromatic carbocycles. The van der Waals surface area contributed by atoms with E-state index in [2.05, 4.69) is 31.8 Å². The summed E-state index contributed by atoms with van der Waals surface area (Å²) in [6, 6.07) is 7.93. The van der Waals surface area contributed by atoms with Crippen molar-refractivity contribution >= 4 is 21.6 Å². The Balaban J connectivity index is 2.85. The Labute approximate surface area is 105 Å². The third-order valence-electron chi connectivity index (χ3n) is 2.37. The van der Waals surface area contributed by atoms with Crippen LogP contribution in [0.2, 0.25) is 0 Å². The van der Waals surface area contributed by atoms with Crippen molar-refractivity contribution in [1.82, 2.24) is 4.90 Å². The van der Waals surface area contributed by atoms with E-state index >= 15 is 0 Å². The molecule has 0 bridgehead atoms. The molecule has 0 fully saturated rings. The van der Waals surface area contributed by atoms with Crippen molar-refractivity contribution in [3.05, 3.63) is 28.2 Å². The van der Waals surface area contributed by atoms with Gasteiger partial charge in [-0.1, -0.05) is 15.9 Å². The summed E-state index contributed by atoms with van der Waals surface area (Å²) >= 11 is 3.43. The number of halogens is 1. The molecule has 86 valence electrons. The van der Waals surface area contributed by atoms with Gasteiger partial charge in [-0.25, -0.2) is 0 Å². The molecule has 0 aliphatic rings.